The summed E-state index contributed by atoms with van der Waals surface area (Å²) < 4.78 is 80.5. The van der Waals surface area contributed by atoms with Gasteiger partial charge in [-0.2, -0.15) is 0 Å². The third-order valence-electron chi connectivity index (χ3n) is 7.65. The molecule has 3 fully saturated rings. The summed E-state index contributed by atoms with van der Waals surface area (Å²) in [6.07, 6.45) is -7.87. The minimum absolute atomic E-state index is 0.0587. The summed E-state index contributed by atoms with van der Waals surface area (Å²) in [5.74, 6) is -0.895. The Balaban J connectivity index is 1.18. The van der Waals surface area contributed by atoms with Crippen molar-refractivity contribution in [3.05, 3.63) is 41.3 Å². The minimum Gasteiger partial charge on any atom is -0.387 e. The number of aliphatic hydroxyl groups is 1. The van der Waals surface area contributed by atoms with Gasteiger partial charge >= 0.3 is 13.5 Å². The SMILES string of the molecule is Nc1ncnc2c1ncn2[C@@H]1O[C@@H]2CCOP(O)(=S)O[C@@H]3[C@H](O)[C@@H](COP(=O)(S)O[C@H]2[C@H]1F)O[C@H]3n1cc(F)c2c(=O)[nH]cnc21. The molecule has 0 radical (unpaired) electrons. The van der Waals surface area contributed by atoms with Gasteiger partial charge in [0.05, 0.1) is 32.0 Å². The number of rotatable bonds is 2. The fourth-order valence-corrected chi connectivity index (χ4v) is 8.53. The number of imidazole rings is 1. The molecule has 24 heteroatoms. The minimum atomic E-state index is -4.40. The van der Waals surface area contributed by atoms with Crippen LogP contribution in [-0.2, 0) is 43.9 Å². The van der Waals surface area contributed by atoms with Crippen molar-refractivity contribution in [2.75, 3.05) is 18.9 Å². The predicted molar refractivity (Wildman–Crippen MR) is 158 cm³/mol. The number of hydrogen-bond acceptors (Lipinski definition) is 15. The van der Waals surface area contributed by atoms with Gasteiger partial charge in [0.2, 0.25) is 0 Å². The van der Waals surface area contributed by atoms with Gasteiger partial charge in [-0.25, -0.2) is 33.3 Å². The second kappa shape index (κ2) is 11.9. The molecule has 0 saturated carbocycles. The van der Waals surface area contributed by atoms with Crippen molar-refractivity contribution in [3.63, 3.8) is 0 Å². The summed E-state index contributed by atoms with van der Waals surface area (Å²) in [5, 5.41) is 10.7. The molecular weight excluding hydrogens is 700 g/mol. The third kappa shape index (κ3) is 5.69. The molecule has 0 aliphatic carbocycles. The number of H-pyrrole nitrogens is 1. The Morgan fingerprint density at radius 1 is 1.09 bits per heavy atom. The van der Waals surface area contributed by atoms with Gasteiger partial charge in [-0.3, -0.25) is 22.9 Å². The lowest BCUT2D eigenvalue weighted by Gasteiger charge is -2.27. The topological polar surface area (TPSA) is 233 Å². The number of thiol groups is 1. The van der Waals surface area contributed by atoms with Crippen LogP contribution < -0.4 is 11.3 Å². The molecule has 3 aliphatic heterocycles. The first-order valence-corrected chi connectivity index (χ1v) is 18.7. The van der Waals surface area contributed by atoms with E-state index >= 15 is 4.39 Å². The summed E-state index contributed by atoms with van der Waals surface area (Å²) in [4.78, 5) is 41.5. The van der Waals surface area contributed by atoms with Crippen LogP contribution >= 0.6 is 25.8 Å². The van der Waals surface area contributed by atoms with Crippen molar-refractivity contribution in [2.24, 2.45) is 0 Å². The van der Waals surface area contributed by atoms with Crippen molar-refractivity contribution in [3.8, 4) is 0 Å². The molecule has 3 aliphatic rings. The van der Waals surface area contributed by atoms with E-state index < -0.39 is 86.0 Å². The summed E-state index contributed by atoms with van der Waals surface area (Å²) in [7, 11) is 0. The number of nitrogens with one attached hydrogen (secondary N) is 1. The summed E-state index contributed by atoms with van der Waals surface area (Å²) in [6.45, 7) is -9.65. The van der Waals surface area contributed by atoms with Gasteiger partial charge in [-0.05, 0) is 11.8 Å². The van der Waals surface area contributed by atoms with Crippen LogP contribution in [-0.4, -0.2) is 94.0 Å². The second-order valence-electron chi connectivity index (χ2n) is 10.5. The molecule has 3 saturated heterocycles. The number of nitrogens with two attached hydrogens (primary N) is 1. The molecule has 4 aromatic heterocycles. The van der Waals surface area contributed by atoms with Gasteiger partial charge in [-0.15, -0.1) is 0 Å². The molecule has 5 N–H and O–H groups in total. The molecule has 10 atom stereocenters. The average Bonchev–Trinajstić information content (AvgIpc) is 3.73. The van der Waals surface area contributed by atoms with Crippen LogP contribution in [0.5, 0.6) is 0 Å². The highest BCUT2D eigenvalue weighted by atomic mass is 32.7. The van der Waals surface area contributed by atoms with E-state index in [1.54, 1.807) is 0 Å². The first-order chi connectivity index (χ1) is 21.8. The Bertz CT molecular complexity index is 1970. The van der Waals surface area contributed by atoms with E-state index in [0.29, 0.717) is 0 Å². The van der Waals surface area contributed by atoms with Gasteiger partial charge in [0.25, 0.3) is 5.56 Å². The lowest BCUT2D eigenvalue weighted by molar-refractivity contribution is -0.0478. The highest BCUT2D eigenvalue weighted by Gasteiger charge is 2.52. The molecule has 4 aromatic rings. The van der Waals surface area contributed by atoms with Crippen LogP contribution in [0.25, 0.3) is 22.2 Å². The smallest absolute Gasteiger partial charge is 0.386 e. The van der Waals surface area contributed by atoms with E-state index in [1.165, 1.54) is 17.2 Å². The Kier molecular flexibility index (Phi) is 8.31. The fraction of sp³-hybridized carbons (Fsp3) is 0.500. The quantitative estimate of drug-likeness (QED) is 0.145. The molecule has 0 amide bonds. The lowest BCUT2D eigenvalue weighted by atomic mass is 10.1. The first-order valence-electron chi connectivity index (χ1n) is 13.4. The number of ether oxygens (including phenoxy) is 2. The monoisotopic (exact) mass is 724 g/mol. The summed E-state index contributed by atoms with van der Waals surface area (Å²) in [5.41, 5.74) is 5.27. The van der Waals surface area contributed by atoms with E-state index in [1.807, 2.05) is 0 Å². The Labute approximate surface area is 266 Å². The van der Waals surface area contributed by atoms with Gasteiger partial charge in [0.15, 0.2) is 41.6 Å². The van der Waals surface area contributed by atoms with E-state index in [-0.39, 0.29) is 35.7 Å². The zero-order valence-electron chi connectivity index (χ0n) is 23.0. The number of aromatic amines is 1. The van der Waals surface area contributed by atoms with E-state index in [0.717, 1.165) is 17.1 Å². The lowest BCUT2D eigenvalue weighted by Crippen LogP contribution is -2.36. The van der Waals surface area contributed by atoms with Crippen molar-refractivity contribution in [1.29, 1.82) is 0 Å². The number of hydrogen-bond donors (Lipinski definition) is 5. The van der Waals surface area contributed by atoms with E-state index in [9.17, 15) is 23.7 Å². The molecule has 7 heterocycles. The number of fused-ring (bicyclic) bond motifs is 5. The highest BCUT2D eigenvalue weighted by molar-refractivity contribution is 8.44. The van der Waals surface area contributed by atoms with Crippen LogP contribution in [0.3, 0.4) is 0 Å². The van der Waals surface area contributed by atoms with Crippen molar-refractivity contribution in [2.45, 2.75) is 55.6 Å². The van der Waals surface area contributed by atoms with Crippen molar-refractivity contribution in [1.82, 2.24) is 34.1 Å². The van der Waals surface area contributed by atoms with Crippen molar-refractivity contribution < 1.29 is 50.9 Å². The van der Waals surface area contributed by atoms with Crippen LogP contribution in [0.1, 0.15) is 18.9 Å². The molecule has 2 bridgehead atoms. The van der Waals surface area contributed by atoms with Crippen molar-refractivity contribution >= 4 is 65.6 Å². The Morgan fingerprint density at radius 2 is 1.87 bits per heavy atom. The Morgan fingerprint density at radius 3 is 2.67 bits per heavy atom. The number of aromatic nitrogens is 7. The summed E-state index contributed by atoms with van der Waals surface area (Å²) in [6, 6.07) is 0. The maximum absolute atomic E-state index is 16.1. The van der Waals surface area contributed by atoms with Gasteiger partial charge in [-0.1, -0.05) is 12.2 Å². The van der Waals surface area contributed by atoms with Crippen LogP contribution in [0.15, 0.2) is 30.0 Å². The molecule has 248 valence electrons. The van der Waals surface area contributed by atoms with E-state index in [4.69, 9.17) is 45.1 Å². The first kappa shape index (κ1) is 32.1. The maximum Gasteiger partial charge on any atom is 0.386 e. The molecular formula is C22H24F2N8O10P2S2. The largest absolute Gasteiger partial charge is 0.387 e. The zero-order chi connectivity index (χ0) is 32.5. The van der Waals surface area contributed by atoms with Gasteiger partial charge < -0.3 is 39.3 Å². The maximum atomic E-state index is 16.1. The number of anilines is 1. The fourth-order valence-electron chi connectivity index (χ4n) is 5.59. The van der Waals surface area contributed by atoms with Crippen LogP contribution in [0, 0.1) is 5.82 Å². The molecule has 0 spiro atoms. The van der Waals surface area contributed by atoms with E-state index in [2.05, 4.69) is 37.2 Å². The number of nitrogens with zero attached hydrogens (tertiary/aromatic N) is 6. The standard InChI is InChI=1S/C22H24F2N8O10P2S2/c23-8-3-31(18-11(8)20(34)29-6-27-18)22-16-14(33)10(40-22)4-38-44(36,46)41-15-9(1-2-37-43(35,45)42-16)39-21(12(15)24)32-7-30-13-17(25)26-5-28-19(13)32/h3,5-7,9-10,12,14-16,21-22,33H,1-2,4H2,(H,35,45)(H,36,46)(H2,25,26,28)(H,27,29,34)/t9-,10-,12-,14-,15-,16-,21-,22-,43?,44?/m1/s1. The van der Waals surface area contributed by atoms with Crippen LogP contribution in [0.2, 0.25) is 0 Å². The zero-order valence-corrected chi connectivity index (χ0v) is 26.5. The third-order valence-corrected chi connectivity index (χ3v) is 10.9. The number of alkyl halides is 1. The highest BCUT2D eigenvalue weighted by Crippen LogP contribution is 2.58. The predicted octanol–water partition coefficient (Wildman–Crippen LogP) is 1.24. The number of nitrogen functional groups attached to an aromatic ring is 1. The van der Waals surface area contributed by atoms with Gasteiger partial charge in [0, 0.05) is 12.6 Å². The molecule has 46 heavy (non-hydrogen) atoms. The Hall–Kier alpha value is -2.46. The molecule has 7 rings (SSSR count). The molecule has 0 aromatic carbocycles. The normalized spacial score (nSPS) is 37.4. The average molecular weight is 725 g/mol. The number of halogens is 2. The molecule has 2 unspecified atom stereocenters. The molecule has 18 nitrogen and oxygen atoms in total. The van der Waals surface area contributed by atoms with Gasteiger partial charge in [0.1, 0.15) is 41.6 Å². The second-order valence-corrected chi connectivity index (χ2v) is 16.1. The summed E-state index contributed by atoms with van der Waals surface area (Å²) >= 11 is 9.20. The van der Waals surface area contributed by atoms with Crippen LogP contribution in [0.4, 0.5) is 14.6 Å². The number of aliphatic hydroxyl groups excluding tert-OH is 1.